The van der Waals surface area contributed by atoms with Crippen molar-refractivity contribution in [3.8, 4) is 0 Å². The van der Waals surface area contributed by atoms with E-state index < -0.39 is 0 Å². The van der Waals surface area contributed by atoms with Crippen LogP contribution in [-0.2, 0) is 19.6 Å². The fraction of sp³-hybridized carbons (Fsp3) is 0.143. The van der Waals surface area contributed by atoms with E-state index in [-0.39, 0.29) is 5.91 Å². The highest BCUT2D eigenvalue weighted by Crippen LogP contribution is 2.32. The van der Waals surface area contributed by atoms with Gasteiger partial charge in [0.15, 0.2) is 0 Å². The summed E-state index contributed by atoms with van der Waals surface area (Å²) in [6.07, 6.45) is 1.78. The first kappa shape index (κ1) is 15.0. The average Bonchev–Trinajstić information content (AvgIpc) is 3.02. The zero-order valence-electron chi connectivity index (χ0n) is 14.2. The lowest BCUT2D eigenvalue weighted by atomic mass is 10.1. The SMILES string of the molecule is O=C(c1ccc2c(c1)NCc1cccnc1N2)N1Cc2ccccc2C1. The molecule has 0 radical (unpaired) electrons. The molecule has 0 aliphatic carbocycles. The van der Waals surface area contributed by atoms with Crippen molar-refractivity contribution in [2.24, 2.45) is 0 Å². The second kappa shape index (κ2) is 5.88. The standard InChI is InChI=1S/C21H18N4O/c26-21(25-12-16-4-1-2-5-17(16)13-25)14-7-8-18-19(10-14)23-11-15-6-3-9-22-20(15)24-18/h1-10,23H,11-13H2,(H,22,24). The summed E-state index contributed by atoms with van der Waals surface area (Å²) in [6.45, 7) is 2.02. The van der Waals surface area contributed by atoms with Crippen LogP contribution >= 0.6 is 0 Å². The van der Waals surface area contributed by atoms with Crippen molar-refractivity contribution < 1.29 is 4.79 Å². The maximum atomic E-state index is 13.0. The number of hydrogen-bond donors (Lipinski definition) is 2. The summed E-state index contributed by atoms with van der Waals surface area (Å²) >= 11 is 0. The van der Waals surface area contributed by atoms with E-state index in [0.29, 0.717) is 25.2 Å². The number of nitrogens with one attached hydrogen (secondary N) is 2. The predicted octanol–water partition coefficient (Wildman–Crippen LogP) is 3.91. The largest absolute Gasteiger partial charge is 0.379 e. The van der Waals surface area contributed by atoms with Gasteiger partial charge in [0.1, 0.15) is 5.82 Å². The molecule has 0 bridgehead atoms. The first-order valence-electron chi connectivity index (χ1n) is 8.73. The van der Waals surface area contributed by atoms with Crippen LogP contribution in [-0.4, -0.2) is 15.8 Å². The Morgan fingerprint density at radius 3 is 2.50 bits per heavy atom. The van der Waals surface area contributed by atoms with Gasteiger partial charge in [-0.15, -0.1) is 0 Å². The van der Waals surface area contributed by atoms with Gasteiger partial charge >= 0.3 is 0 Å². The van der Waals surface area contributed by atoms with Crippen LogP contribution in [0.15, 0.2) is 60.8 Å². The van der Waals surface area contributed by atoms with Gasteiger partial charge in [0, 0.05) is 37.0 Å². The zero-order chi connectivity index (χ0) is 17.5. The number of carbonyl (C=O) groups excluding carboxylic acids is 1. The molecule has 0 atom stereocenters. The summed E-state index contributed by atoms with van der Waals surface area (Å²) in [5.41, 5.74) is 6.12. The molecule has 0 unspecified atom stereocenters. The number of benzene rings is 2. The normalized spacial score (nSPS) is 14.4. The fourth-order valence-electron chi connectivity index (χ4n) is 3.60. The topological polar surface area (TPSA) is 57.3 Å². The highest BCUT2D eigenvalue weighted by molar-refractivity contribution is 5.97. The minimum atomic E-state index is 0.0608. The van der Waals surface area contributed by atoms with Gasteiger partial charge in [0.2, 0.25) is 0 Å². The molecule has 5 rings (SSSR count). The molecule has 2 aliphatic rings. The lowest BCUT2D eigenvalue weighted by Gasteiger charge is -2.17. The summed E-state index contributed by atoms with van der Waals surface area (Å²) in [7, 11) is 0. The Hall–Kier alpha value is -3.34. The van der Waals surface area contributed by atoms with Crippen LogP contribution in [0.3, 0.4) is 0 Å². The highest BCUT2D eigenvalue weighted by atomic mass is 16.2. The number of aromatic nitrogens is 1. The molecule has 3 aromatic rings. The van der Waals surface area contributed by atoms with E-state index in [1.807, 2.05) is 47.4 Å². The molecule has 0 saturated heterocycles. The number of fused-ring (bicyclic) bond motifs is 3. The minimum Gasteiger partial charge on any atom is -0.379 e. The molecule has 26 heavy (non-hydrogen) atoms. The van der Waals surface area contributed by atoms with Crippen molar-refractivity contribution in [2.75, 3.05) is 10.6 Å². The van der Waals surface area contributed by atoms with Gasteiger partial charge in [-0.1, -0.05) is 30.3 Å². The second-order valence-corrected chi connectivity index (χ2v) is 6.68. The van der Waals surface area contributed by atoms with Gasteiger partial charge in [-0.05, 0) is 35.4 Å². The van der Waals surface area contributed by atoms with Crippen molar-refractivity contribution in [1.82, 2.24) is 9.88 Å². The Kier molecular flexibility index (Phi) is 3.38. The number of carbonyl (C=O) groups is 1. The third-order valence-electron chi connectivity index (χ3n) is 5.01. The molecule has 128 valence electrons. The fourth-order valence-corrected chi connectivity index (χ4v) is 3.60. The summed E-state index contributed by atoms with van der Waals surface area (Å²) < 4.78 is 0. The van der Waals surface area contributed by atoms with Gasteiger partial charge in [-0.25, -0.2) is 4.98 Å². The number of rotatable bonds is 1. The molecule has 0 fully saturated rings. The van der Waals surface area contributed by atoms with Gasteiger partial charge in [0.25, 0.3) is 5.91 Å². The van der Waals surface area contributed by atoms with E-state index >= 15 is 0 Å². The third-order valence-corrected chi connectivity index (χ3v) is 5.01. The van der Waals surface area contributed by atoms with E-state index in [1.54, 1.807) is 6.20 Å². The Bertz CT molecular complexity index is 989. The van der Waals surface area contributed by atoms with E-state index in [0.717, 1.165) is 22.8 Å². The smallest absolute Gasteiger partial charge is 0.254 e. The van der Waals surface area contributed by atoms with E-state index in [2.05, 4.69) is 27.8 Å². The molecule has 2 N–H and O–H groups in total. The van der Waals surface area contributed by atoms with Crippen LogP contribution in [0.25, 0.3) is 0 Å². The molecule has 2 aliphatic heterocycles. The first-order chi connectivity index (χ1) is 12.8. The highest BCUT2D eigenvalue weighted by Gasteiger charge is 2.24. The Morgan fingerprint density at radius 2 is 1.69 bits per heavy atom. The Balaban J connectivity index is 1.41. The number of hydrogen-bond acceptors (Lipinski definition) is 4. The number of anilines is 3. The number of nitrogens with zero attached hydrogens (tertiary/aromatic N) is 2. The monoisotopic (exact) mass is 342 g/mol. The van der Waals surface area contributed by atoms with Crippen molar-refractivity contribution in [3.63, 3.8) is 0 Å². The number of amides is 1. The molecule has 0 saturated carbocycles. The van der Waals surface area contributed by atoms with Gasteiger partial charge in [0.05, 0.1) is 11.4 Å². The summed E-state index contributed by atoms with van der Waals surface area (Å²) in [5.74, 6) is 0.915. The molecular weight excluding hydrogens is 324 g/mol. The average molecular weight is 342 g/mol. The van der Waals surface area contributed by atoms with Crippen LogP contribution in [0.4, 0.5) is 17.2 Å². The lowest BCUT2D eigenvalue weighted by Crippen LogP contribution is -2.25. The molecule has 0 spiro atoms. The molecule has 5 heteroatoms. The Morgan fingerprint density at radius 1 is 0.923 bits per heavy atom. The van der Waals surface area contributed by atoms with Gasteiger partial charge in [-0.2, -0.15) is 0 Å². The molecule has 5 nitrogen and oxygen atoms in total. The van der Waals surface area contributed by atoms with Crippen LogP contribution in [0.1, 0.15) is 27.0 Å². The second-order valence-electron chi connectivity index (χ2n) is 6.68. The van der Waals surface area contributed by atoms with Gasteiger partial charge < -0.3 is 15.5 Å². The molecule has 1 amide bonds. The lowest BCUT2D eigenvalue weighted by molar-refractivity contribution is 0.0751. The first-order valence-corrected chi connectivity index (χ1v) is 8.73. The van der Waals surface area contributed by atoms with Crippen molar-refractivity contribution in [2.45, 2.75) is 19.6 Å². The van der Waals surface area contributed by atoms with Crippen molar-refractivity contribution in [3.05, 3.63) is 83.0 Å². The summed E-state index contributed by atoms with van der Waals surface area (Å²) in [5, 5.41) is 6.77. The van der Waals surface area contributed by atoms with E-state index in [9.17, 15) is 4.79 Å². The Labute approximate surface area is 151 Å². The molecule has 2 aromatic carbocycles. The van der Waals surface area contributed by atoms with Gasteiger partial charge in [-0.3, -0.25) is 4.79 Å². The summed E-state index contributed by atoms with van der Waals surface area (Å²) in [6, 6.07) is 18.0. The quantitative estimate of drug-likeness (QED) is 0.704. The molecule has 1 aromatic heterocycles. The van der Waals surface area contributed by atoms with Crippen LogP contribution in [0, 0.1) is 0 Å². The van der Waals surface area contributed by atoms with Crippen LogP contribution in [0.5, 0.6) is 0 Å². The molecular formula is C21H18N4O. The third kappa shape index (κ3) is 2.49. The van der Waals surface area contributed by atoms with Crippen LogP contribution in [0.2, 0.25) is 0 Å². The van der Waals surface area contributed by atoms with Crippen LogP contribution < -0.4 is 10.6 Å². The van der Waals surface area contributed by atoms with Crippen molar-refractivity contribution >= 4 is 23.1 Å². The van der Waals surface area contributed by atoms with Crippen molar-refractivity contribution in [1.29, 1.82) is 0 Å². The molecule has 3 heterocycles. The van der Waals surface area contributed by atoms with E-state index in [1.165, 1.54) is 11.1 Å². The maximum absolute atomic E-state index is 13.0. The summed E-state index contributed by atoms with van der Waals surface area (Å²) in [4.78, 5) is 19.3. The minimum absolute atomic E-state index is 0.0608. The zero-order valence-corrected chi connectivity index (χ0v) is 14.2. The van der Waals surface area contributed by atoms with E-state index in [4.69, 9.17) is 0 Å². The predicted molar refractivity (Wildman–Crippen MR) is 101 cm³/mol. The maximum Gasteiger partial charge on any atom is 0.254 e. The number of pyridine rings is 1.